The van der Waals surface area contributed by atoms with Crippen LogP contribution in [0.15, 0.2) is 30.3 Å². The Balaban J connectivity index is 1.84. The van der Waals surface area contributed by atoms with E-state index in [0.717, 1.165) is 24.2 Å². The van der Waals surface area contributed by atoms with Gasteiger partial charge in [-0.2, -0.15) is 4.98 Å². The maximum Gasteiger partial charge on any atom is 0.257 e. The SMILES string of the molecule is COc1ccc(C(=O)N[C@H](c2cccc(C)n2)C2CC2)c(OC)n1. The van der Waals surface area contributed by atoms with Crippen LogP contribution >= 0.6 is 0 Å². The van der Waals surface area contributed by atoms with E-state index in [1.807, 2.05) is 25.1 Å². The van der Waals surface area contributed by atoms with E-state index in [-0.39, 0.29) is 17.8 Å². The second-order valence-electron chi connectivity index (χ2n) is 5.90. The molecule has 126 valence electrons. The fourth-order valence-corrected chi connectivity index (χ4v) is 2.68. The number of pyridine rings is 2. The minimum absolute atomic E-state index is 0.0933. The van der Waals surface area contributed by atoms with Crippen molar-refractivity contribution in [2.75, 3.05) is 14.2 Å². The molecule has 1 aliphatic rings. The van der Waals surface area contributed by atoms with Gasteiger partial charge in [-0.25, -0.2) is 0 Å². The molecule has 2 heterocycles. The van der Waals surface area contributed by atoms with E-state index in [4.69, 9.17) is 9.47 Å². The largest absolute Gasteiger partial charge is 0.481 e. The lowest BCUT2D eigenvalue weighted by molar-refractivity contribution is 0.0926. The molecule has 0 unspecified atom stereocenters. The van der Waals surface area contributed by atoms with Gasteiger partial charge in [0, 0.05) is 11.8 Å². The topological polar surface area (TPSA) is 73.3 Å². The summed E-state index contributed by atoms with van der Waals surface area (Å²) in [6.45, 7) is 1.95. The Kier molecular flexibility index (Phi) is 4.64. The lowest BCUT2D eigenvalue weighted by atomic mass is 10.1. The van der Waals surface area contributed by atoms with E-state index in [9.17, 15) is 4.79 Å². The van der Waals surface area contributed by atoms with Gasteiger partial charge in [0.15, 0.2) is 0 Å². The standard InChI is InChI=1S/C18H21N3O3/c1-11-5-4-6-14(19-11)16(12-7-8-12)21-17(22)13-9-10-15(23-2)20-18(13)24-3/h4-6,9-10,12,16H,7-8H2,1-3H3,(H,21,22)/t16-/m0/s1. The van der Waals surface area contributed by atoms with Crippen LogP contribution in [-0.4, -0.2) is 30.1 Å². The van der Waals surface area contributed by atoms with Crippen molar-refractivity contribution >= 4 is 5.91 Å². The van der Waals surface area contributed by atoms with Crippen LogP contribution in [0.4, 0.5) is 0 Å². The summed E-state index contributed by atoms with van der Waals surface area (Å²) in [7, 11) is 3.01. The molecule has 0 aliphatic heterocycles. The zero-order valence-corrected chi connectivity index (χ0v) is 14.1. The van der Waals surface area contributed by atoms with Crippen LogP contribution in [0.5, 0.6) is 11.8 Å². The van der Waals surface area contributed by atoms with Crippen LogP contribution in [0.3, 0.4) is 0 Å². The predicted molar refractivity (Wildman–Crippen MR) is 89.2 cm³/mol. The third-order valence-electron chi connectivity index (χ3n) is 4.09. The number of carbonyl (C=O) groups is 1. The van der Waals surface area contributed by atoms with Gasteiger partial charge in [-0.15, -0.1) is 0 Å². The summed E-state index contributed by atoms with van der Waals surface area (Å²) < 4.78 is 10.3. The second-order valence-corrected chi connectivity index (χ2v) is 5.90. The highest BCUT2D eigenvalue weighted by molar-refractivity contribution is 5.96. The number of aryl methyl sites for hydroxylation is 1. The number of carbonyl (C=O) groups excluding carboxylic acids is 1. The first kappa shape index (κ1) is 16.2. The van der Waals surface area contributed by atoms with Crippen LogP contribution in [0.25, 0.3) is 0 Å². The Labute approximate surface area is 141 Å². The molecule has 0 radical (unpaired) electrons. The van der Waals surface area contributed by atoms with Crippen LogP contribution < -0.4 is 14.8 Å². The zero-order chi connectivity index (χ0) is 17.1. The Morgan fingerprint density at radius 3 is 2.58 bits per heavy atom. The molecule has 3 rings (SSSR count). The van der Waals surface area contributed by atoms with E-state index in [2.05, 4.69) is 15.3 Å². The third kappa shape index (κ3) is 3.48. The maximum atomic E-state index is 12.7. The minimum atomic E-state index is -0.220. The zero-order valence-electron chi connectivity index (χ0n) is 14.1. The highest BCUT2D eigenvalue weighted by Gasteiger charge is 2.35. The highest BCUT2D eigenvalue weighted by atomic mass is 16.5. The fraction of sp³-hybridized carbons (Fsp3) is 0.389. The first-order valence-electron chi connectivity index (χ1n) is 7.96. The minimum Gasteiger partial charge on any atom is -0.481 e. The van der Waals surface area contributed by atoms with Gasteiger partial charge < -0.3 is 14.8 Å². The summed E-state index contributed by atoms with van der Waals surface area (Å²) >= 11 is 0. The number of hydrogen-bond donors (Lipinski definition) is 1. The van der Waals surface area contributed by atoms with E-state index in [0.29, 0.717) is 17.4 Å². The summed E-state index contributed by atoms with van der Waals surface area (Å²) in [5.74, 6) is 0.865. The monoisotopic (exact) mass is 327 g/mol. The Morgan fingerprint density at radius 1 is 1.17 bits per heavy atom. The van der Waals surface area contributed by atoms with Gasteiger partial charge in [0.2, 0.25) is 11.8 Å². The van der Waals surface area contributed by atoms with E-state index in [1.54, 1.807) is 12.1 Å². The molecule has 0 saturated heterocycles. The van der Waals surface area contributed by atoms with Gasteiger partial charge in [0.1, 0.15) is 5.56 Å². The van der Waals surface area contributed by atoms with Gasteiger partial charge in [0.05, 0.1) is 26.0 Å². The first-order chi connectivity index (χ1) is 11.6. The summed E-state index contributed by atoms with van der Waals surface area (Å²) in [4.78, 5) is 21.5. The van der Waals surface area contributed by atoms with Crippen LogP contribution in [0.1, 0.15) is 40.6 Å². The molecule has 2 aromatic rings. The van der Waals surface area contributed by atoms with Crippen molar-refractivity contribution in [3.63, 3.8) is 0 Å². The molecule has 1 saturated carbocycles. The molecule has 1 aliphatic carbocycles. The molecule has 6 heteroatoms. The van der Waals surface area contributed by atoms with E-state index < -0.39 is 0 Å². The normalized spacial score (nSPS) is 14.8. The molecule has 0 bridgehead atoms. The van der Waals surface area contributed by atoms with Crippen LogP contribution in [0, 0.1) is 12.8 Å². The molecule has 24 heavy (non-hydrogen) atoms. The Bertz CT molecular complexity index is 744. The van der Waals surface area contributed by atoms with E-state index >= 15 is 0 Å². The predicted octanol–water partition coefficient (Wildman–Crippen LogP) is 2.68. The Hall–Kier alpha value is -2.63. The number of aromatic nitrogens is 2. The quantitative estimate of drug-likeness (QED) is 0.883. The van der Waals surface area contributed by atoms with Crippen molar-refractivity contribution in [3.8, 4) is 11.8 Å². The number of nitrogens with one attached hydrogen (secondary N) is 1. The number of nitrogens with zero attached hydrogens (tertiary/aromatic N) is 2. The molecule has 1 amide bonds. The summed E-state index contributed by atoms with van der Waals surface area (Å²) in [5, 5.41) is 3.09. The number of hydrogen-bond acceptors (Lipinski definition) is 5. The second kappa shape index (κ2) is 6.86. The summed E-state index contributed by atoms with van der Waals surface area (Å²) in [6, 6.07) is 9.09. The van der Waals surface area contributed by atoms with Gasteiger partial charge in [0.25, 0.3) is 5.91 Å². The summed E-state index contributed by atoms with van der Waals surface area (Å²) in [6.07, 6.45) is 2.19. The van der Waals surface area contributed by atoms with Gasteiger partial charge in [-0.05, 0) is 43.9 Å². The molecule has 1 N–H and O–H groups in total. The first-order valence-corrected chi connectivity index (χ1v) is 7.96. The van der Waals surface area contributed by atoms with Gasteiger partial charge in [-0.1, -0.05) is 6.07 Å². The van der Waals surface area contributed by atoms with E-state index in [1.165, 1.54) is 14.2 Å². The van der Waals surface area contributed by atoms with Crippen molar-refractivity contribution in [2.24, 2.45) is 5.92 Å². The summed E-state index contributed by atoms with van der Waals surface area (Å²) in [5.41, 5.74) is 2.22. The fourth-order valence-electron chi connectivity index (χ4n) is 2.68. The number of methoxy groups -OCH3 is 2. The number of amides is 1. The third-order valence-corrected chi connectivity index (χ3v) is 4.09. The van der Waals surface area contributed by atoms with Gasteiger partial charge in [-0.3, -0.25) is 9.78 Å². The van der Waals surface area contributed by atoms with Crippen LogP contribution in [0.2, 0.25) is 0 Å². The molecular formula is C18H21N3O3. The Morgan fingerprint density at radius 2 is 1.96 bits per heavy atom. The molecule has 6 nitrogen and oxygen atoms in total. The van der Waals surface area contributed by atoms with Gasteiger partial charge >= 0.3 is 0 Å². The average molecular weight is 327 g/mol. The van der Waals surface area contributed by atoms with Crippen molar-refractivity contribution in [1.82, 2.24) is 15.3 Å². The number of rotatable bonds is 6. The maximum absolute atomic E-state index is 12.7. The highest BCUT2D eigenvalue weighted by Crippen LogP contribution is 2.40. The number of ether oxygens (including phenoxy) is 2. The molecule has 1 atom stereocenters. The lowest BCUT2D eigenvalue weighted by Crippen LogP contribution is -2.31. The molecule has 2 aromatic heterocycles. The van der Waals surface area contributed by atoms with Crippen molar-refractivity contribution < 1.29 is 14.3 Å². The van der Waals surface area contributed by atoms with Crippen molar-refractivity contribution in [1.29, 1.82) is 0 Å². The van der Waals surface area contributed by atoms with Crippen LogP contribution in [-0.2, 0) is 0 Å². The molecular weight excluding hydrogens is 306 g/mol. The van der Waals surface area contributed by atoms with Crippen molar-refractivity contribution in [2.45, 2.75) is 25.8 Å². The molecule has 0 spiro atoms. The lowest BCUT2D eigenvalue weighted by Gasteiger charge is -2.19. The molecule has 0 aromatic carbocycles. The average Bonchev–Trinajstić information content (AvgIpc) is 3.43. The van der Waals surface area contributed by atoms with Crippen molar-refractivity contribution in [3.05, 3.63) is 47.3 Å². The molecule has 1 fully saturated rings. The smallest absolute Gasteiger partial charge is 0.257 e.